The molecular weight excluding hydrogens is 384 g/mol. The lowest BCUT2D eigenvalue weighted by atomic mass is 9.95. The number of aryl methyl sites for hydroxylation is 1. The number of likely N-dealkylation sites (tertiary alicyclic amines) is 1. The Bertz CT molecular complexity index is 824. The molecule has 0 N–H and O–H groups in total. The monoisotopic (exact) mass is 414 g/mol. The van der Waals surface area contributed by atoms with Crippen LogP contribution in [0.25, 0.3) is 0 Å². The molecule has 29 heavy (non-hydrogen) atoms. The first kappa shape index (κ1) is 20.2. The van der Waals surface area contributed by atoms with Crippen molar-refractivity contribution >= 4 is 22.9 Å². The molecule has 1 aromatic carbocycles. The first-order valence-corrected chi connectivity index (χ1v) is 11.3. The van der Waals surface area contributed by atoms with Gasteiger partial charge in [-0.2, -0.15) is 0 Å². The highest BCUT2D eigenvalue weighted by Gasteiger charge is 2.31. The van der Waals surface area contributed by atoms with Crippen LogP contribution >= 0.6 is 11.3 Å². The number of amides is 1. The summed E-state index contributed by atoms with van der Waals surface area (Å²) in [6.45, 7) is 8.20. The predicted molar refractivity (Wildman–Crippen MR) is 117 cm³/mol. The van der Waals surface area contributed by atoms with Gasteiger partial charge in [0.05, 0.1) is 23.5 Å². The molecule has 2 aromatic rings. The lowest BCUT2D eigenvalue weighted by Crippen LogP contribution is -2.51. The summed E-state index contributed by atoms with van der Waals surface area (Å²) in [5.41, 5.74) is 2.28. The van der Waals surface area contributed by atoms with Crippen LogP contribution in [0, 0.1) is 12.8 Å². The molecule has 0 spiro atoms. The lowest BCUT2D eigenvalue weighted by molar-refractivity contribution is -0.137. The molecule has 0 unspecified atom stereocenters. The van der Waals surface area contributed by atoms with E-state index in [9.17, 15) is 4.79 Å². The van der Waals surface area contributed by atoms with Crippen molar-refractivity contribution in [1.29, 1.82) is 0 Å². The highest BCUT2D eigenvalue weighted by molar-refractivity contribution is 7.09. The van der Waals surface area contributed by atoms with Crippen molar-refractivity contribution in [2.45, 2.75) is 26.3 Å². The van der Waals surface area contributed by atoms with Gasteiger partial charge in [-0.15, -0.1) is 11.3 Å². The molecule has 6 nitrogen and oxygen atoms in total. The maximum absolute atomic E-state index is 13.0. The third-order valence-corrected chi connectivity index (χ3v) is 6.83. The van der Waals surface area contributed by atoms with E-state index in [1.54, 1.807) is 18.4 Å². The second kappa shape index (κ2) is 9.13. The Kier molecular flexibility index (Phi) is 6.35. The minimum atomic E-state index is 0.168. The van der Waals surface area contributed by atoms with Crippen LogP contribution in [0.4, 0.5) is 5.69 Å². The predicted octanol–water partition coefficient (Wildman–Crippen LogP) is 3.02. The van der Waals surface area contributed by atoms with Gasteiger partial charge >= 0.3 is 0 Å². The molecule has 4 rings (SSSR count). The average Bonchev–Trinajstić information content (AvgIpc) is 3.18. The Balaban J connectivity index is 1.26. The van der Waals surface area contributed by atoms with Crippen LogP contribution in [-0.4, -0.2) is 67.1 Å². The summed E-state index contributed by atoms with van der Waals surface area (Å²) in [6.07, 6.45) is 1.91. The fraction of sp³-hybridized carbons (Fsp3) is 0.545. The van der Waals surface area contributed by atoms with E-state index in [4.69, 9.17) is 4.74 Å². The molecule has 156 valence electrons. The number of carbonyl (C=O) groups excluding carboxylic acids is 1. The van der Waals surface area contributed by atoms with Crippen molar-refractivity contribution in [3.05, 3.63) is 40.3 Å². The minimum absolute atomic E-state index is 0.168. The number of aromatic nitrogens is 1. The second-order valence-corrected chi connectivity index (χ2v) is 8.95. The first-order valence-electron chi connectivity index (χ1n) is 10.4. The molecular formula is C22H30N4O2S. The highest BCUT2D eigenvalue weighted by Crippen LogP contribution is 2.29. The van der Waals surface area contributed by atoms with E-state index in [-0.39, 0.29) is 5.92 Å². The summed E-state index contributed by atoms with van der Waals surface area (Å²) in [5.74, 6) is 1.41. The minimum Gasteiger partial charge on any atom is -0.495 e. The number of hydrogen-bond acceptors (Lipinski definition) is 6. The second-order valence-electron chi connectivity index (χ2n) is 7.89. The standard InChI is InChI=1S/C22H30N4O2S/c1-17-23-19(16-29-17)15-24-9-7-18(8-10-24)22(27)26-13-11-25(12-14-26)20-5-3-4-6-21(20)28-2/h3-6,16,18H,7-15H2,1-2H3. The van der Waals surface area contributed by atoms with Crippen molar-refractivity contribution in [3.63, 3.8) is 0 Å². The third-order valence-electron chi connectivity index (χ3n) is 6.01. The van der Waals surface area contributed by atoms with Crippen LogP contribution in [0.1, 0.15) is 23.5 Å². The molecule has 1 amide bonds. The van der Waals surface area contributed by atoms with Gasteiger partial charge in [-0.25, -0.2) is 4.98 Å². The Hall–Kier alpha value is -2.12. The zero-order valence-electron chi connectivity index (χ0n) is 17.3. The number of rotatable bonds is 5. The fourth-order valence-corrected chi connectivity index (χ4v) is 4.97. The maximum Gasteiger partial charge on any atom is 0.225 e. The van der Waals surface area contributed by atoms with Gasteiger partial charge in [0.2, 0.25) is 5.91 Å². The van der Waals surface area contributed by atoms with E-state index >= 15 is 0 Å². The van der Waals surface area contributed by atoms with Gasteiger partial charge in [-0.1, -0.05) is 12.1 Å². The topological polar surface area (TPSA) is 48.9 Å². The van der Waals surface area contributed by atoms with E-state index in [0.717, 1.165) is 80.8 Å². The maximum atomic E-state index is 13.0. The first-order chi connectivity index (χ1) is 14.1. The van der Waals surface area contributed by atoms with E-state index in [1.165, 1.54) is 0 Å². The van der Waals surface area contributed by atoms with Gasteiger partial charge in [0.25, 0.3) is 0 Å². The van der Waals surface area contributed by atoms with E-state index in [2.05, 4.69) is 31.1 Å². The lowest BCUT2D eigenvalue weighted by Gasteiger charge is -2.39. The molecule has 1 aromatic heterocycles. The molecule has 3 heterocycles. The van der Waals surface area contributed by atoms with Crippen LogP contribution in [0.3, 0.4) is 0 Å². The van der Waals surface area contributed by atoms with Crippen molar-refractivity contribution < 1.29 is 9.53 Å². The average molecular weight is 415 g/mol. The number of para-hydroxylation sites is 2. The number of anilines is 1. The Morgan fingerprint density at radius 2 is 1.86 bits per heavy atom. The molecule has 2 aliphatic rings. The fourth-order valence-electron chi connectivity index (χ4n) is 4.36. The number of benzene rings is 1. The molecule has 0 bridgehead atoms. The van der Waals surface area contributed by atoms with Crippen LogP contribution in [0.5, 0.6) is 5.75 Å². The Morgan fingerprint density at radius 3 is 2.52 bits per heavy atom. The molecule has 0 saturated carbocycles. The van der Waals surface area contributed by atoms with E-state index in [0.29, 0.717) is 5.91 Å². The zero-order valence-corrected chi connectivity index (χ0v) is 18.2. The molecule has 0 aliphatic carbocycles. The van der Waals surface area contributed by atoms with Crippen molar-refractivity contribution in [2.24, 2.45) is 5.92 Å². The number of carbonyl (C=O) groups is 1. The number of piperidine rings is 1. The van der Waals surface area contributed by atoms with Gasteiger partial charge in [-0.3, -0.25) is 9.69 Å². The molecule has 0 radical (unpaired) electrons. The summed E-state index contributed by atoms with van der Waals surface area (Å²) in [7, 11) is 1.71. The van der Waals surface area contributed by atoms with Gasteiger partial charge in [0.1, 0.15) is 5.75 Å². The van der Waals surface area contributed by atoms with Gasteiger partial charge in [0.15, 0.2) is 0 Å². The number of ether oxygens (including phenoxy) is 1. The third kappa shape index (κ3) is 4.73. The largest absolute Gasteiger partial charge is 0.495 e. The number of piperazine rings is 1. The molecule has 2 saturated heterocycles. The Morgan fingerprint density at radius 1 is 1.14 bits per heavy atom. The van der Waals surface area contributed by atoms with Gasteiger partial charge in [0, 0.05) is 44.0 Å². The number of methoxy groups -OCH3 is 1. The summed E-state index contributed by atoms with van der Waals surface area (Å²) >= 11 is 1.71. The number of nitrogens with zero attached hydrogens (tertiary/aromatic N) is 4. The van der Waals surface area contributed by atoms with Crippen molar-refractivity contribution in [1.82, 2.24) is 14.8 Å². The van der Waals surface area contributed by atoms with Crippen LogP contribution in [0.2, 0.25) is 0 Å². The van der Waals surface area contributed by atoms with Crippen LogP contribution < -0.4 is 9.64 Å². The quantitative estimate of drug-likeness (QED) is 0.753. The Labute approximate surface area is 177 Å². The summed E-state index contributed by atoms with van der Waals surface area (Å²) in [6, 6.07) is 8.11. The number of hydrogen-bond donors (Lipinski definition) is 0. The van der Waals surface area contributed by atoms with Gasteiger partial charge < -0.3 is 14.5 Å². The molecule has 0 atom stereocenters. The molecule has 2 aliphatic heterocycles. The van der Waals surface area contributed by atoms with Crippen molar-refractivity contribution in [3.8, 4) is 5.75 Å². The number of thiazole rings is 1. The normalized spacial score (nSPS) is 18.8. The van der Waals surface area contributed by atoms with Gasteiger partial charge in [-0.05, 0) is 45.0 Å². The van der Waals surface area contributed by atoms with Crippen LogP contribution in [0.15, 0.2) is 29.6 Å². The molecule has 7 heteroatoms. The smallest absolute Gasteiger partial charge is 0.225 e. The SMILES string of the molecule is COc1ccccc1N1CCN(C(=O)C2CCN(Cc3csc(C)n3)CC2)CC1. The van der Waals surface area contributed by atoms with Crippen molar-refractivity contribution in [2.75, 3.05) is 51.3 Å². The van der Waals surface area contributed by atoms with E-state index in [1.807, 2.05) is 25.1 Å². The highest BCUT2D eigenvalue weighted by atomic mass is 32.1. The zero-order chi connectivity index (χ0) is 20.2. The molecule has 2 fully saturated rings. The van der Waals surface area contributed by atoms with Crippen LogP contribution in [-0.2, 0) is 11.3 Å². The summed E-state index contributed by atoms with van der Waals surface area (Å²) in [4.78, 5) is 24.4. The summed E-state index contributed by atoms with van der Waals surface area (Å²) in [5, 5.41) is 3.27. The summed E-state index contributed by atoms with van der Waals surface area (Å²) < 4.78 is 5.49. The van der Waals surface area contributed by atoms with E-state index < -0.39 is 0 Å².